The van der Waals surface area contributed by atoms with Gasteiger partial charge in [0.05, 0.1) is 5.38 Å². The van der Waals surface area contributed by atoms with E-state index >= 15 is 0 Å². The van der Waals surface area contributed by atoms with Gasteiger partial charge in [-0.2, -0.15) is 0 Å². The highest BCUT2D eigenvalue weighted by atomic mass is 127. The molecule has 2 rings (SSSR count). The van der Waals surface area contributed by atoms with Gasteiger partial charge in [-0.05, 0) is 40.6 Å². The molecule has 0 heterocycles. The fourth-order valence-corrected chi connectivity index (χ4v) is 2.75. The van der Waals surface area contributed by atoms with Crippen molar-refractivity contribution in [2.45, 2.75) is 18.2 Å². The minimum absolute atomic E-state index is 0.0161. The summed E-state index contributed by atoms with van der Waals surface area (Å²) >= 11 is 8.32. The molecule has 13 heavy (non-hydrogen) atoms. The predicted octanol–water partition coefficient (Wildman–Crippen LogP) is 3.55. The number of halogens is 2. The highest BCUT2D eigenvalue weighted by molar-refractivity contribution is 14.1. The molecular weight excluding hydrogens is 298 g/mol. The number of benzene rings is 1. The molecule has 1 aromatic rings. The summed E-state index contributed by atoms with van der Waals surface area (Å²) in [5.41, 5.74) is 1.85. The van der Waals surface area contributed by atoms with Crippen molar-refractivity contribution in [3.8, 4) is 0 Å². The summed E-state index contributed by atoms with van der Waals surface area (Å²) < 4.78 is 1.02. The van der Waals surface area contributed by atoms with Gasteiger partial charge in [0, 0.05) is 15.6 Å². The zero-order chi connectivity index (χ0) is 9.42. The van der Waals surface area contributed by atoms with Crippen LogP contribution in [0.1, 0.15) is 34.1 Å². The van der Waals surface area contributed by atoms with E-state index in [0.717, 1.165) is 21.1 Å². The first-order valence-corrected chi connectivity index (χ1v) is 5.67. The van der Waals surface area contributed by atoms with Crippen LogP contribution in [-0.4, -0.2) is 5.78 Å². The average Bonchev–Trinajstić information content (AvgIpc) is 2.12. The third kappa shape index (κ3) is 1.62. The standard InChI is InChI=1S/C10H8ClIO/c11-7-4-5-9(13)10-6(7)2-1-3-8(10)12/h1-3,7H,4-5H2. The smallest absolute Gasteiger partial charge is 0.164 e. The van der Waals surface area contributed by atoms with E-state index in [4.69, 9.17) is 11.6 Å². The molecule has 0 saturated carbocycles. The van der Waals surface area contributed by atoms with E-state index in [1.165, 1.54) is 0 Å². The molecule has 0 spiro atoms. The normalized spacial score (nSPS) is 21.4. The first-order valence-electron chi connectivity index (χ1n) is 4.16. The van der Waals surface area contributed by atoms with Crippen LogP contribution in [0.2, 0.25) is 0 Å². The van der Waals surface area contributed by atoms with E-state index in [1.54, 1.807) is 0 Å². The molecule has 0 aromatic heterocycles. The van der Waals surface area contributed by atoms with Crippen LogP contribution in [0.25, 0.3) is 0 Å². The third-order valence-electron chi connectivity index (χ3n) is 2.29. The molecule has 68 valence electrons. The van der Waals surface area contributed by atoms with Crippen molar-refractivity contribution in [3.05, 3.63) is 32.9 Å². The van der Waals surface area contributed by atoms with Crippen LogP contribution in [0.5, 0.6) is 0 Å². The zero-order valence-corrected chi connectivity index (χ0v) is 9.80. The minimum atomic E-state index is 0.0161. The lowest BCUT2D eigenvalue weighted by Gasteiger charge is -2.20. The Morgan fingerprint density at radius 2 is 2.23 bits per heavy atom. The van der Waals surface area contributed by atoms with Crippen molar-refractivity contribution in [1.82, 2.24) is 0 Å². The van der Waals surface area contributed by atoms with E-state index in [1.807, 2.05) is 18.2 Å². The van der Waals surface area contributed by atoms with Crippen molar-refractivity contribution in [3.63, 3.8) is 0 Å². The van der Waals surface area contributed by atoms with Gasteiger partial charge >= 0.3 is 0 Å². The Kier molecular flexibility index (Phi) is 2.60. The third-order valence-corrected chi connectivity index (χ3v) is 3.64. The molecule has 1 aromatic carbocycles. The molecule has 1 nitrogen and oxygen atoms in total. The lowest BCUT2D eigenvalue weighted by Crippen LogP contribution is -2.14. The predicted molar refractivity (Wildman–Crippen MR) is 61.3 cm³/mol. The van der Waals surface area contributed by atoms with E-state index < -0.39 is 0 Å². The molecule has 1 aliphatic carbocycles. The number of ketones is 1. The van der Waals surface area contributed by atoms with Gasteiger partial charge in [-0.25, -0.2) is 0 Å². The zero-order valence-electron chi connectivity index (χ0n) is 6.89. The average molecular weight is 307 g/mol. The van der Waals surface area contributed by atoms with Crippen LogP contribution in [0, 0.1) is 3.57 Å². The Balaban J connectivity index is 2.63. The Morgan fingerprint density at radius 3 is 2.92 bits per heavy atom. The van der Waals surface area contributed by atoms with E-state index in [9.17, 15) is 4.79 Å². The summed E-state index contributed by atoms with van der Waals surface area (Å²) in [5, 5.41) is 0.0161. The number of Topliss-reactive ketones (excluding diaryl/α,β-unsaturated/α-hetero) is 1. The Bertz CT molecular complexity index is 362. The summed E-state index contributed by atoms with van der Waals surface area (Å²) in [6, 6.07) is 5.85. The Labute approximate surface area is 95.6 Å². The van der Waals surface area contributed by atoms with Gasteiger partial charge in [0.2, 0.25) is 0 Å². The molecule has 1 aliphatic rings. The number of carbonyl (C=O) groups excluding carboxylic acids is 1. The maximum atomic E-state index is 11.6. The number of hydrogen-bond acceptors (Lipinski definition) is 1. The van der Waals surface area contributed by atoms with Crippen LogP contribution < -0.4 is 0 Å². The highest BCUT2D eigenvalue weighted by Gasteiger charge is 2.25. The van der Waals surface area contributed by atoms with E-state index in [2.05, 4.69) is 22.6 Å². The molecule has 0 radical (unpaired) electrons. The maximum absolute atomic E-state index is 11.6. The molecular formula is C10H8ClIO. The largest absolute Gasteiger partial charge is 0.294 e. The second kappa shape index (κ2) is 3.58. The Morgan fingerprint density at radius 1 is 1.46 bits per heavy atom. The lowest BCUT2D eigenvalue weighted by atomic mass is 9.90. The van der Waals surface area contributed by atoms with Crippen LogP contribution >= 0.6 is 34.2 Å². The summed E-state index contributed by atoms with van der Waals surface area (Å²) in [5.74, 6) is 0.233. The van der Waals surface area contributed by atoms with Crippen LogP contribution in [0.4, 0.5) is 0 Å². The molecule has 1 atom stereocenters. The topological polar surface area (TPSA) is 17.1 Å². The molecule has 0 amide bonds. The summed E-state index contributed by atoms with van der Waals surface area (Å²) in [6.07, 6.45) is 1.36. The van der Waals surface area contributed by atoms with Gasteiger partial charge < -0.3 is 0 Å². The van der Waals surface area contributed by atoms with Crippen LogP contribution in [0.3, 0.4) is 0 Å². The van der Waals surface area contributed by atoms with Crippen molar-refractivity contribution >= 4 is 40.0 Å². The number of fused-ring (bicyclic) bond motifs is 1. The fourth-order valence-electron chi connectivity index (χ4n) is 1.63. The second-order valence-electron chi connectivity index (χ2n) is 3.13. The molecule has 0 bridgehead atoms. The molecule has 0 aliphatic heterocycles. The van der Waals surface area contributed by atoms with Gasteiger partial charge in [0.1, 0.15) is 0 Å². The lowest BCUT2D eigenvalue weighted by molar-refractivity contribution is 0.0970. The summed E-state index contributed by atoms with van der Waals surface area (Å²) in [7, 11) is 0. The van der Waals surface area contributed by atoms with E-state index in [0.29, 0.717) is 6.42 Å². The fraction of sp³-hybridized carbons (Fsp3) is 0.300. The van der Waals surface area contributed by atoms with Crippen molar-refractivity contribution < 1.29 is 4.79 Å². The van der Waals surface area contributed by atoms with Crippen LogP contribution in [-0.2, 0) is 0 Å². The molecule has 3 heteroatoms. The molecule has 0 N–H and O–H groups in total. The SMILES string of the molecule is O=C1CCC(Cl)c2cccc(I)c21. The molecule has 0 saturated heterocycles. The van der Waals surface area contributed by atoms with Gasteiger partial charge in [0.15, 0.2) is 5.78 Å². The first kappa shape index (κ1) is 9.46. The van der Waals surface area contributed by atoms with Gasteiger partial charge in [0.25, 0.3) is 0 Å². The van der Waals surface area contributed by atoms with Crippen molar-refractivity contribution in [2.75, 3.05) is 0 Å². The highest BCUT2D eigenvalue weighted by Crippen LogP contribution is 2.36. The maximum Gasteiger partial charge on any atom is 0.164 e. The molecule has 1 unspecified atom stereocenters. The van der Waals surface area contributed by atoms with Gasteiger partial charge in [-0.3, -0.25) is 4.79 Å². The quantitative estimate of drug-likeness (QED) is 0.529. The van der Waals surface area contributed by atoms with Gasteiger partial charge in [-0.15, -0.1) is 11.6 Å². The minimum Gasteiger partial charge on any atom is -0.294 e. The summed E-state index contributed by atoms with van der Waals surface area (Å²) in [6.45, 7) is 0. The number of hydrogen-bond donors (Lipinski definition) is 0. The Hall–Kier alpha value is -0.0900. The monoisotopic (exact) mass is 306 g/mol. The van der Waals surface area contributed by atoms with Crippen molar-refractivity contribution in [1.29, 1.82) is 0 Å². The second-order valence-corrected chi connectivity index (χ2v) is 4.82. The number of carbonyl (C=O) groups is 1. The molecule has 0 fully saturated rings. The first-order chi connectivity index (χ1) is 6.20. The van der Waals surface area contributed by atoms with E-state index in [-0.39, 0.29) is 11.2 Å². The van der Waals surface area contributed by atoms with Gasteiger partial charge in [-0.1, -0.05) is 12.1 Å². The number of alkyl halides is 1. The summed E-state index contributed by atoms with van der Waals surface area (Å²) in [4.78, 5) is 11.6. The van der Waals surface area contributed by atoms with Crippen LogP contribution in [0.15, 0.2) is 18.2 Å². The van der Waals surface area contributed by atoms with Crippen molar-refractivity contribution in [2.24, 2.45) is 0 Å². The number of rotatable bonds is 0.